The van der Waals surface area contributed by atoms with Crippen LogP contribution in [-0.4, -0.2) is 17.5 Å². The standard InChI is InChI=1S/C10H15.C2H6N.CH3.Ti/c1-7-6-10(4,5)9(3)8(7)2;1-3-2;;/h1-5H3;1-2H3;1H3;/q;-1;;+1. The molecule has 85 valence electrons. The van der Waals surface area contributed by atoms with Crippen LogP contribution in [0.2, 0.25) is 5.23 Å². The van der Waals surface area contributed by atoms with Gasteiger partial charge in [0.1, 0.15) is 0 Å². The van der Waals surface area contributed by atoms with Crippen LogP contribution < -0.4 is 0 Å². The molecule has 2 heteroatoms. The van der Waals surface area contributed by atoms with Gasteiger partial charge in [-0.3, -0.25) is 0 Å². The van der Waals surface area contributed by atoms with E-state index in [-0.39, 0.29) is 0 Å². The molecule has 0 saturated carbocycles. The maximum absolute atomic E-state index is 2.46. The van der Waals surface area contributed by atoms with Crippen molar-refractivity contribution >= 4 is 0 Å². The quantitative estimate of drug-likeness (QED) is 0.666. The van der Waals surface area contributed by atoms with Gasteiger partial charge < -0.3 is 0 Å². The van der Waals surface area contributed by atoms with Crippen LogP contribution >= 0.6 is 0 Å². The Balaban J connectivity index is 3.23. The predicted molar refractivity (Wildman–Crippen MR) is 64.4 cm³/mol. The zero-order chi connectivity index (χ0) is 12.0. The van der Waals surface area contributed by atoms with Gasteiger partial charge in [-0.25, -0.2) is 0 Å². The molecule has 0 aliphatic heterocycles. The molecular formula is C13H24NTi. The van der Waals surface area contributed by atoms with Gasteiger partial charge in [-0.2, -0.15) is 0 Å². The second kappa shape index (κ2) is 4.20. The molecule has 0 spiro atoms. The Morgan fingerprint density at radius 2 is 1.47 bits per heavy atom. The molecule has 0 aromatic rings. The summed E-state index contributed by atoms with van der Waals surface area (Å²) in [6.07, 6.45) is 0. The molecule has 15 heavy (non-hydrogen) atoms. The van der Waals surface area contributed by atoms with Gasteiger partial charge in [-0.15, -0.1) is 0 Å². The van der Waals surface area contributed by atoms with E-state index in [1.54, 1.807) is 15.0 Å². The van der Waals surface area contributed by atoms with Gasteiger partial charge in [0.2, 0.25) is 0 Å². The zero-order valence-corrected chi connectivity index (χ0v) is 13.0. The topological polar surface area (TPSA) is 3.24 Å². The molecule has 0 radical (unpaired) electrons. The number of nitrogens with zero attached hydrogens (tertiary/aromatic N) is 1. The van der Waals surface area contributed by atoms with Crippen molar-refractivity contribution in [1.29, 1.82) is 0 Å². The predicted octanol–water partition coefficient (Wildman–Crippen LogP) is 3.78. The molecule has 1 rings (SSSR count). The molecule has 0 fully saturated rings. The van der Waals surface area contributed by atoms with Crippen molar-refractivity contribution in [1.82, 2.24) is 3.38 Å². The Bertz CT molecular complexity index is 334. The van der Waals surface area contributed by atoms with Crippen molar-refractivity contribution in [2.75, 3.05) is 14.1 Å². The van der Waals surface area contributed by atoms with E-state index < -0.39 is 18.1 Å². The van der Waals surface area contributed by atoms with E-state index in [0.29, 0.717) is 5.41 Å². The van der Waals surface area contributed by atoms with Gasteiger partial charge >= 0.3 is 101 Å². The van der Waals surface area contributed by atoms with Gasteiger partial charge in [-0.05, 0) is 0 Å². The number of rotatable bonds is 2. The minimum atomic E-state index is -1.20. The Labute approximate surface area is 101 Å². The fourth-order valence-corrected chi connectivity index (χ4v) is 6.08. The molecule has 0 aromatic carbocycles. The van der Waals surface area contributed by atoms with Gasteiger partial charge in [0.25, 0.3) is 0 Å². The maximum atomic E-state index is 2.46. The number of hydrogen-bond donors (Lipinski definition) is 0. The SMILES string of the molecule is CC1=C(C)C(C)(C)[C]([Ti]([CH3])[N](C)C)=C1C. The van der Waals surface area contributed by atoms with Gasteiger partial charge in [0.15, 0.2) is 0 Å². The van der Waals surface area contributed by atoms with Crippen LogP contribution in [-0.2, 0) is 18.1 Å². The number of allylic oxidation sites excluding steroid dienone is 4. The van der Waals surface area contributed by atoms with Crippen LogP contribution in [0.4, 0.5) is 0 Å². The summed E-state index contributed by atoms with van der Waals surface area (Å²) in [4.78, 5) is 0. The van der Waals surface area contributed by atoms with E-state index in [0.717, 1.165) is 0 Å². The molecule has 0 aromatic heterocycles. The first kappa shape index (κ1) is 13.2. The van der Waals surface area contributed by atoms with Crippen molar-refractivity contribution in [3.8, 4) is 0 Å². The second-order valence-corrected chi connectivity index (χ2v) is 9.36. The fourth-order valence-electron chi connectivity index (χ4n) is 2.54. The molecular weight excluding hydrogens is 218 g/mol. The van der Waals surface area contributed by atoms with Crippen molar-refractivity contribution in [3.63, 3.8) is 0 Å². The average molecular weight is 242 g/mol. The molecule has 0 atom stereocenters. The van der Waals surface area contributed by atoms with E-state index in [1.165, 1.54) is 5.57 Å². The molecule has 1 aliphatic carbocycles. The minimum absolute atomic E-state index is 0.308. The van der Waals surface area contributed by atoms with Gasteiger partial charge in [-0.1, -0.05) is 0 Å². The van der Waals surface area contributed by atoms with Gasteiger partial charge in [0, 0.05) is 0 Å². The average Bonchev–Trinajstić information content (AvgIpc) is 2.27. The first-order valence-corrected chi connectivity index (χ1v) is 8.66. The summed E-state index contributed by atoms with van der Waals surface area (Å²) < 4.78 is 4.22. The third-order valence-corrected chi connectivity index (χ3v) is 8.88. The molecule has 0 saturated heterocycles. The first-order valence-electron chi connectivity index (χ1n) is 5.62. The van der Waals surface area contributed by atoms with Crippen molar-refractivity contribution in [2.24, 2.45) is 5.41 Å². The zero-order valence-electron chi connectivity index (χ0n) is 11.4. The third kappa shape index (κ3) is 2.02. The van der Waals surface area contributed by atoms with Crippen LogP contribution in [0.1, 0.15) is 34.6 Å². The summed E-state index contributed by atoms with van der Waals surface area (Å²) >= 11 is -1.20. The van der Waals surface area contributed by atoms with Crippen LogP contribution in [0.5, 0.6) is 0 Å². The first-order chi connectivity index (χ1) is 6.71. The summed E-state index contributed by atoms with van der Waals surface area (Å²) in [5.41, 5.74) is 4.99. The molecule has 1 nitrogen and oxygen atoms in total. The monoisotopic (exact) mass is 242 g/mol. The van der Waals surface area contributed by atoms with Crippen molar-refractivity contribution in [2.45, 2.75) is 39.8 Å². The second-order valence-electron chi connectivity index (χ2n) is 5.35. The summed E-state index contributed by atoms with van der Waals surface area (Å²) in [6.45, 7) is 11.7. The van der Waals surface area contributed by atoms with Gasteiger partial charge in [0.05, 0.1) is 0 Å². The summed E-state index contributed by atoms with van der Waals surface area (Å²) in [5.74, 6) is 0. The Hall–Kier alpha value is 0.154. The van der Waals surface area contributed by atoms with Crippen molar-refractivity contribution in [3.05, 3.63) is 20.6 Å². The van der Waals surface area contributed by atoms with Crippen molar-refractivity contribution < 1.29 is 18.1 Å². The van der Waals surface area contributed by atoms with Crippen LogP contribution in [0.15, 0.2) is 20.6 Å². The summed E-state index contributed by atoms with van der Waals surface area (Å²) in [6, 6.07) is 0. The molecule has 0 amide bonds. The van der Waals surface area contributed by atoms with E-state index in [9.17, 15) is 0 Å². The fraction of sp³-hybridized carbons (Fsp3) is 0.692. The Kier molecular flexibility index (Phi) is 3.70. The molecule has 0 heterocycles. The van der Waals surface area contributed by atoms with E-state index in [4.69, 9.17) is 0 Å². The molecule has 1 aliphatic rings. The van der Waals surface area contributed by atoms with E-state index >= 15 is 0 Å². The van der Waals surface area contributed by atoms with Crippen LogP contribution in [0, 0.1) is 5.41 Å². The van der Waals surface area contributed by atoms with Crippen LogP contribution in [0.3, 0.4) is 0 Å². The third-order valence-electron chi connectivity index (χ3n) is 4.10. The summed E-state index contributed by atoms with van der Waals surface area (Å²) in [5, 5.41) is 2.46. The Morgan fingerprint density at radius 1 is 1.00 bits per heavy atom. The Morgan fingerprint density at radius 3 is 1.73 bits per heavy atom. The molecule has 0 bridgehead atoms. The van der Waals surface area contributed by atoms with E-state index in [2.05, 4.69) is 57.3 Å². The van der Waals surface area contributed by atoms with E-state index in [1.807, 2.05) is 0 Å². The normalized spacial score (nSPS) is 20.6. The molecule has 0 N–H and O–H groups in total. The molecule has 0 unspecified atom stereocenters. The summed E-state index contributed by atoms with van der Waals surface area (Å²) in [7, 11) is 4.46. The van der Waals surface area contributed by atoms with Crippen LogP contribution in [0.25, 0.3) is 0 Å². The number of hydrogen-bond acceptors (Lipinski definition) is 1.